The number of halogens is 1. The molecule has 1 aliphatic carbocycles. The molecule has 0 atom stereocenters. The first kappa shape index (κ1) is 10.9. The molecule has 0 amide bonds. The van der Waals surface area contributed by atoms with E-state index >= 15 is 0 Å². The minimum Gasteiger partial charge on any atom is -0.370 e. The van der Waals surface area contributed by atoms with E-state index in [2.05, 4.69) is 4.99 Å². The van der Waals surface area contributed by atoms with Crippen molar-refractivity contribution in [3.8, 4) is 0 Å². The van der Waals surface area contributed by atoms with Gasteiger partial charge < -0.3 is 11.5 Å². The van der Waals surface area contributed by atoms with Crippen molar-refractivity contribution >= 4 is 5.96 Å². The van der Waals surface area contributed by atoms with Gasteiger partial charge in [-0.15, -0.1) is 0 Å². The molecule has 0 aliphatic heterocycles. The average Bonchev–Trinajstić information content (AvgIpc) is 3.03. The van der Waals surface area contributed by atoms with Crippen LogP contribution in [0, 0.1) is 5.82 Å². The Bertz CT molecular complexity index is 407. The number of nitrogens with zero attached hydrogens (tertiary/aromatic N) is 1. The minimum atomic E-state index is -0.143. The maximum atomic E-state index is 13.7. The van der Waals surface area contributed by atoms with Crippen molar-refractivity contribution in [2.75, 3.05) is 6.54 Å². The third kappa shape index (κ3) is 2.72. The van der Waals surface area contributed by atoms with Gasteiger partial charge in [0.25, 0.3) is 0 Å². The van der Waals surface area contributed by atoms with E-state index in [1.807, 2.05) is 12.1 Å². The first-order valence-electron chi connectivity index (χ1n) is 5.50. The number of aliphatic imine (C=N–C) groups is 1. The van der Waals surface area contributed by atoms with E-state index in [9.17, 15) is 4.39 Å². The summed E-state index contributed by atoms with van der Waals surface area (Å²) in [6.45, 7) is 0.433. The van der Waals surface area contributed by atoms with Crippen molar-refractivity contribution in [1.29, 1.82) is 0 Å². The summed E-state index contributed by atoms with van der Waals surface area (Å²) in [5, 5.41) is 0. The van der Waals surface area contributed by atoms with Crippen LogP contribution in [-0.2, 0) is 6.42 Å². The van der Waals surface area contributed by atoms with Crippen molar-refractivity contribution in [2.24, 2.45) is 16.5 Å². The van der Waals surface area contributed by atoms with Gasteiger partial charge in [-0.25, -0.2) is 4.39 Å². The van der Waals surface area contributed by atoms with Gasteiger partial charge in [0, 0.05) is 6.54 Å². The highest BCUT2D eigenvalue weighted by atomic mass is 19.1. The Balaban J connectivity index is 2.01. The lowest BCUT2D eigenvalue weighted by atomic mass is 10.1. The van der Waals surface area contributed by atoms with Crippen molar-refractivity contribution < 1.29 is 4.39 Å². The topological polar surface area (TPSA) is 64.4 Å². The Kier molecular flexibility index (Phi) is 3.08. The maximum Gasteiger partial charge on any atom is 0.185 e. The van der Waals surface area contributed by atoms with Crippen molar-refractivity contribution in [3.63, 3.8) is 0 Å². The van der Waals surface area contributed by atoms with Gasteiger partial charge in [-0.1, -0.05) is 12.1 Å². The molecule has 0 aromatic heterocycles. The molecule has 1 aliphatic rings. The van der Waals surface area contributed by atoms with Gasteiger partial charge in [-0.3, -0.25) is 4.99 Å². The molecule has 0 spiro atoms. The molecule has 4 heteroatoms. The molecule has 1 saturated carbocycles. The van der Waals surface area contributed by atoms with Crippen LogP contribution < -0.4 is 11.5 Å². The lowest BCUT2D eigenvalue weighted by Gasteiger charge is -2.04. The number of rotatable bonds is 4. The number of hydrogen-bond donors (Lipinski definition) is 2. The Morgan fingerprint density at radius 1 is 1.38 bits per heavy atom. The van der Waals surface area contributed by atoms with Gasteiger partial charge in [0.1, 0.15) is 5.82 Å². The zero-order chi connectivity index (χ0) is 11.5. The van der Waals surface area contributed by atoms with Gasteiger partial charge in [0.15, 0.2) is 5.96 Å². The first-order valence-corrected chi connectivity index (χ1v) is 5.50. The van der Waals surface area contributed by atoms with Crippen LogP contribution in [0.15, 0.2) is 23.2 Å². The molecule has 4 N–H and O–H groups in total. The van der Waals surface area contributed by atoms with E-state index in [1.165, 1.54) is 12.8 Å². The van der Waals surface area contributed by atoms with Crippen LogP contribution in [0.2, 0.25) is 0 Å². The third-order valence-electron chi connectivity index (χ3n) is 2.80. The van der Waals surface area contributed by atoms with E-state index < -0.39 is 0 Å². The van der Waals surface area contributed by atoms with Crippen molar-refractivity contribution in [1.82, 2.24) is 0 Å². The van der Waals surface area contributed by atoms with Gasteiger partial charge in [-0.05, 0) is 42.4 Å². The van der Waals surface area contributed by atoms with E-state index in [0.717, 1.165) is 5.56 Å². The largest absolute Gasteiger partial charge is 0.370 e. The second-order valence-electron chi connectivity index (χ2n) is 4.18. The molecule has 1 fully saturated rings. The smallest absolute Gasteiger partial charge is 0.185 e. The summed E-state index contributed by atoms with van der Waals surface area (Å²) in [6.07, 6.45) is 2.91. The van der Waals surface area contributed by atoms with Gasteiger partial charge >= 0.3 is 0 Å². The van der Waals surface area contributed by atoms with Gasteiger partial charge in [0.2, 0.25) is 0 Å². The molecule has 16 heavy (non-hydrogen) atoms. The molecule has 86 valence electrons. The fourth-order valence-corrected chi connectivity index (χ4v) is 1.74. The summed E-state index contributed by atoms with van der Waals surface area (Å²) in [5.41, 5.74) is 12.2. The fourth-order valence-electron chi connectivity index (χ4n) is 1.74. The molecule has 1 aromatic rings. The molecule has 0 saturated heterocycles. The SMILES string of the molecule is NC(N)=NCCc1ccc(C2CC2)cc1F. The normalized spacial score (nSPS) is 14.8. The van der Waals surface area contributed by atoms with E-state index in [4.69, 9.17) is 11.5 Å². The van der Waals surface area contributed by atoms with Crippen LogP contribution >= 0.6 is 0 Å². The quantitative estimate of drug-likeness (QED) is 0.598. The summed E-state index contributed by atoms with van der Waals surface area (Å²) in [4.78, 5) is 3.84. The number of hydrogen-bond acceptors (Lipinski definition) is 1. The fraction of sp³-hybridized carbons (Fsp3) is 0.417. The van der Waals surface area contributed by atoms with Gasteiger partial charge in [-0.2, -0.15) is 0 Å². The first-order chi connectivity index (χ1) is 7.66. The highest BCUT2D eigenvalue weighted by Gasteiger charge is 2.23. The zero-order valence-corrected chi connectivity index (χ0v) is 9.12. The summed E-state index contributed by atoms with van der Waals surface area (Å²) < 4.78 is 13.7. The number of guanidine groups is 1. The third-order valence-corrected chi connectivity index (χ3v) is 2.80. The summed E-state index contributed by atoms with van der Waals surface area (Å²) in [5.74, 6) is 0.492. The monoisotopic (exact) mass is 221 g/mol. The molecular formula is C12H16FN3. The highest BCUT2D eigenvalue weighted by Crippen LogP contribution is 2.40. The second kappa shape index (κ2) is 4.51. The van der Waals surface area contributed by atoms with Crippen molar-refractivity contribution in [2.45, 2.75) is 25.2 Å². The lowest BCUT2D eigenvalue weighted by Crippen LogP contribution is -2.23. The Hall–Kier alpha value is -1.58. The molecule has 0 heterocycles. The highest BCUT2D eigenvalue weighted by molar-refractivity contribution is 5.75. The van der Waals surface area contributed by atoms with E-state index in [-0.39, 0.29) is 11.8 Å². The second-order valence-corrected chi connectivity index (χ2v) is 4.18. The molecule has 0 unspecified atom stereocenters. The predicted octanol–water partition coefficient (Wildman–Crippen LogP) is 1.52. The van der Waals surface area contributed by atoms with Crippen LogP contribution in [0.3, 0.4) is 0 Å². The molecule has 0 bridgehead atoms. The number of benzene rings is 1. The van der Waals surface area contributed by atoms with Crippen LogP contribution in [0.5, 0.6) is 0 Å². The lowest BCUT2D eigenvalue weighted by molar-refractivity contribution is 0.607. The Morgan fingerprint density at radius 2 is 2.12 bits per heavy atom. The van der Waals surface area contributed by atoms with E-state index in [0.29, 0.717) is 24.4 Å². The molecular weight excluding hydrogens is 205 g/mol. The Morgan fingerprint density at radius 3 is 2.69 bits per heavy atom. The average molecular weight is 221 g/mol. The van der Waals surface area contributed by atoms with Crippen LogP contribution in [0.25, 0.3) is 0 Å². The van der Waals surface area contributed by atoms with Crippen LogP contribution in [-0.4, -0.2) is 12.5 Å². The predicted molar refractivity (Wildman–Crippen MR) is 62.8 cm³/mol. The number of nitrogens with two attached hydrogens (primary N) is 2. The minimum absolute atomic E-state index is 0.0509. The molecule has 1 aromatic carbocycles. The standard InChI is InChI=1S/C12H16FN3/c13-11-7-10(8-1-2-8)4-3-9(11)5-6-16-12(14)15/h3-4,7-8H,1-2,5-6H2,(H4,14,15,16). The maximum absolute atomic E-state index is 13.7. The molecule has 0 radical (unpaired) electrons. The van der Waals surface area contributed by atoms with Crippen LogP contribution in [0.1, 0.15) is 29.9 Å². The summed E-state index contributed by atoms with van der Waals surface area (Å²) in [7, 11) is 0. The summed E-state index contributed by atoms with van der Waals surface area (Å²) in [6, 6.07) is 5.49. The van der Waals surface area contributed by atoms with Crippen LogP contribution in [0.4, 0.5) is 4.39 Å². The Labute approximate surface area is 94.4 Å². The zero-order valence-electron chi connectivity index (χ0n) is 9.12. The molecule has 2 rings (SSSR count). The van der Waals surface area contributed by atoms with Crippen molar-refractivity contribution in [3.05, 3.63) is 35.1 Å². The van der Waals surface area contributed by atoms with Gasteiger partial charge in [0.05, 0.1) is 0 Å². The molecule has 3 nitrogen and oxygen atoms in total. The van der Waals surface area contributed by atoms with E-state index in [1.54, 1.807) is 6.07 Å². The summed E-state index contributed by atoms with van der Waals surface area (Å²) >= 11 is 0.